The van der Waals surface area contributed by atoms with Crippen molar-refractivity contribution in [2.45, 2.75) is 49.1 Å². The van der Waals surface area contributed by atoms with Crippen molar-refractivity contribution < 1.29 is 39.7 Å². The lowest BCUT2D eigenvalue weighted by Crippen LogP contribution is -2.43. The molecule has 0 saturated carbocycles. The van der Waals surface area contributed by atoms with E-state index in [-0.39, 0.29) is 5.95 Å². The van der Waals surface area contributed by atoms with Crippen LogP contribution in [0.2, 0.25) is 0 Å². The van der Waals surface area contributed by atoms with Crippen LogP contribution in [0.5, 0.6) is 0 Å². The van der Waals surface area contributed by atoms with E-state index >= 15 is 0 Å². The van der Waals surface area contributed by atoms with Gasteiger partial charge < -0.3 is 45.5 Å². The van der Waals surface area contributed by atoms with Crippen LogP contribution < -0.4 is 11.4 Å². The maximum atomic E-state index is 12.0. The summed E-state index contributed by atoms with van der Waals surface area (Å²) in [7, 11) is 0. The molecule has 3 rings (SSSR count). The van der Waals surface area contributed by atoms with E-state index in [0.717, 1.165) is 10.9 Å². The molecule has 2 fully saturated rings. The third kappa shape index (κ3) is 3.30. The molecule has 0 radical (unpaired) electrons. The average Bonchev–Trinajstić information content (AvgIpc) is 3.07. The molecule has 0 amide bonds. The molecule has 2 saturated heterocycles. The Kier molecular flexibility index (Phi) is 5.50. The minimum atomic E-state index is -1.51. The van der Waals surface area contributed by atoms with Gasteiger partial charge in [-0.15, -0.1) is 0 Å². The Labute approximate surface area is 146 Å². The molecular formula is C13H20N4O9. The zero-order valence-electron chi connectivity index (χ0n) is 13.4. The van der Waals surface area contributed by atoms with E-state index in [0.29, 0.717) is 0 Å². The number of anilines is 1. The third-order valence-corrected chi connectivity index (χ3v) is 4.30. The molecule has 3 heterocycles. The zero-order chi connectivity index (χ0) is 19.0. The number of nitrogen functional groups attached to an aromatic ring is 1. The summed E-state index contributed by atoms with van der Waals surface area (Å²) in [6.07, 6.45) is -9.37. The fourth-order valence-electron chi connectivity index (χ4n) is 2.90. The number of nitrogens with two attached hydrogens (primary N) is 1. The minimum Gasteiger partial charge on any atom is -0.394 e. The maximum Gasteiger partial charge on any atom is 0.354 e. The van der Waals surface area contributed by atoms with Crippen molar-refractivity contribution in [1.82, 2.24) is 14.5 Å². The van der Waals surface area contributed by atoms with Crippen molar-refractivity contribution in [3.8, 4) is 0 Å². The molecule has 13 heteroatoms. The monoisotopic (exact) mass is 376 g/mol. The number of nitrogens with zero attached hydrogens (tertiary/aromatic N) is 3. The van der Waals surface area contributed by atoms with Crippen LogP contribution in [0.1, 0.15) is 6.23 Å². The van der Waals surface area contributed by atoms with Gasteiger partial charge in [0.1, 0.15) is 43.0 Å². The molecule has 0 unspecified atom stereocenters. The quantitative estimate of drug-likeness (QED) is 0.287. The Bertz CT molecular complexity index is 688. The van der Waals surface area contributed by atoms with Crippen LogP contribution in [0.4, 0.5) is 5.95 Å². The van der Waals surface area contributed by atoms with Crippen LogP contribution in [0.15, 0.2) is 11.1 Å². The van der Waals surface area contributed by atoms with Gasteiger partial charge in [-0.3, -0.25) is 4.57 Å². The Morgan fingerprint density at radius 1 is 1.12 bits per heavy atom. The molecule has 1 aromatic heterocycles. The lowest BCUT2D eigenvalue weighted by molar-refractivity contribution is -0.220. The predicted octanol–water partition coefficient (Wildman–Crippen LogP) is -4.70. The molecule has 0 aromatic carbocycles. The first-order valence-corrected chi connectivity index (χ1v) is 7.80. The molecule has 26 heavy (non-hydrogen) atoms. The summed E-state index contributed by atoms with van der Waals surface area (Å²) in [5, 5.41) is 48.6. The van der Waals surface area contributed by atoms with Gasteiger partial charge in [-0.2, -0.15) is 4.98 Å². The Morgan fingerprint density at radius 3 is 2.35 bits per heavy atom. The average molecular weight is 376 g/mol. The highest BCUT2D eigenvalue weighted by Crippen LogP contribution is 2.34. The second-order valence-corrected chi connectivity index (χ2v) is 5.95. The predicted molar refractivity (Wildman–Crippen MR) is 80.3 cm³/mol. The van der Waals surface area contributed by atoms with Gasteiger partial charge in [0, 0.05) is 0 Å². The molecule has 13 nitrogen and oxygen atoms in total. The molecule has 0 spiro atoms. The summed E-state index contributed by atoms with van der Waals surface area (Å²) < 4.78 is 17.1. The standard InChI is InChI=1S/C13H20N4O9/c14-12-15-3-17(13(23)16-12)10-9(7(21)5(2-19)24-10)26-11-8(22)6(20)4(1-18)25-11/h3-11,18-22H,1-2H2,(H2,14,16,23)/t4-,5-,6-,7+,8-,9-,10-,11+/m1/s1. The van der Waals surface area contributed by atoms with Gasteiger partial charge in [-0.05, 0) is 0 Å². The van der Waals surface area contributed by atoms with Crippen LogP contribution in [-0.2, 0) is 14.2 Å². The first-order chi connectivity index (χ1) is 12.4. The highest BCUT2D eigenvalue weighted by molar-refractivity contribution is 5.10. The van der Waals surface area contributed by atoms with Gasteiger partial charge in [-0.25, -0.2) is 9.78 Å². The Morgan fingerprint density at radius 2 is 1.77 bits per heavy atom. The summed E-state index contributed by atoms with van der Waals surface area (Å²) >= 11 is 0. The summed E-state index contributed by atoms with van der Waals surface area (Å²) in [6, 6.07) is 0. The fraction of sp³-hybridized carbons (Fsp3) is 0.769. The van der Waals surface area contributed by atoms with Gasteiger partial charge in [0.25, 0.3) is 0 Å². The molecule has 0 bridgehead atoms. The van der Waals surface area contributed by atoms with Crippen LogP contribution >= 0.6 is 0 Å². The number of rotatable bonds is 5. The second kappa shape index (κ2) is 7.50. The van der Waals surface area contributed by atoms with Crippen molar-refractivity contribution in [2.75, 3.05) is 18.9 Å². The number of aliphatic hydroxyl groups excluding tert-OH is 5. The molecule has 0 aliphatic carbocycles. The summed E-state index contributed by atoms with van der Waals surface area (Å²) in [5.41, 5.74) is 4.51. The molecule has 2 aliphatic heterocycles. The van der Waals surface area contributed by atoms with Gasteiger partial charge in [0.15, 0.2) is 12.5 Å². The highest BCUT2D eigenvalue weighted by atomic mass is 16.7. The van der Waals surface area contributed by atoms with Gasteiger partial charge >= 0.3 is 5.69 Å². The smallest absolute Gasteiger partial charge is 0.354 e. The van der Waals surface area contributed by atoms with Crippen LogP contribution in [0.25, 0.3) is 0 Å². The minimum absolute atomic E-state index is 0.260. The topological polar surface area (TPSA) is 203 Å². The normalized spacial score (nSPS) is 40.2. The van der Waals surface area contributed by atoms with Gasteiger partial charge in [-0.1, -0.05) is 0 Å². The van der Waals surface area contributed by atoms with Crippen molar-refractivity contribution >= 4 is 5.95 Å². The van der Waals surface area contributed by atoms with E-state index in [1.807, 2.05) is 0 Å². The van der Waals surface area contributed by atoms with E-state index in [4.69, 9.17) is 25.1 Å². The number of aliphatic hydroxyl groups is 5. The maximum absolute atomic E-state index is 12.0. The van der Waals surface area contributed by atoms with E-state index in [2.05, 4.69) is 9.97 Å². The van der Waals surface area contributed by atoms with Crippen LogP contribution in [-0.4, -0.2) is 96.2 Å². The second-order valence-electron chi connectivity index (χ2n) is 5.95. The Balaban J connectivity index is 1.85. The van der Waals surface area contributed by atoms with Crippen molar-refractivity contribution in [1.29, 1.82) is 0 Å². The number of hydrogen-bond donors (Lipinski definition) is 6. The lowest BCUT2D eigenvalue weighted by Gasteiger charge is -2.26. The van der Waals surface area contributed by atoms with Gasteiger partial charge in [0.2, 0.25) is 5.95 Å². The largest absolute Gasteiger partial charge is 0.394 e. The van der Waals surface area contributed by atoms with E-state index in [1.165, 1.54) is 0 Å². The lowest BCUT2D eigenvalue weighted by atomic mass is 10.1. The highest BCUT2D eigenvalue weighted by Gasteiger charge is 2.51. The molecule has 146 valence electrons. The molecule has 2 aliphatic rings. The molecular weight excluding hydrogens is 356 g/mol. The first-order valence-electron chi connectivity index (χ1n) is 7.80. The van der Waals surface area contributed by atoms with Gasteiger partial charge in [0.05, 0.1) is 13.2 Å². The van der Waals surface area contributed by atoms with E-state index < -0.39 is 68.0 Å². The van der Waals surface area contributed by atoms with E-state index in [1.54, 1.807) is 0 Å². The van der Waals surface area contributed by atoms with Crippen molar-refractivity contribution in [2.24, 2.45) is 0 Å². The third-order valence-electron chi connectivity index (χ3n) is 4.30. The van der Waals surface area contributed by atoms with Crippen molar-refractivity contribution in [3.63, 3.8) is 0 Å². The SMILES string of the molecule is Nc1ncn([C@@H]2O[C@H](CO)[C@H](O)[C@H]2O[C@@H]2O[C@H](CO)[C@@H](O)[C@H]2O)c(=O)n1. The fourth-order valence-corrected chi connectivity index (χ4v) is 2.90. The summed E-state index contributed by atoms with van der Waals surface area (Å²) in [4.78, 5) is 19.2. The van der Waals surface area contributed by atoms with Crippen molar-refractivity contribution in [3.05, 3.63) is 16.8 Å². The van der Waals surface area contributed by atoms with E-state index in [9.17, 15) is 25.2 Å². The Hall–Kier alpha value is -1.71. The number of ether oxygens (including phenoxy) is 3. The van der Waals surface area contributed by atoms with Crippen LogP contribution in [0, 0.1) is 0 Å². The zero-order valence-corrected chi connectivity index (χ0v) is 13.4. The number of hydrogen-bond acceptors (Lipinski definition) is 12. The number of aromatic nitrogens is 3. The first kappa shape index (κ1) is 19.1. The molecule has 7 N–H and O–H groups in total. The summed E-state index contributed by atoms with van der Waals surface area (Å²) in [5.74, 6) is -0.260. The summed E-state index contributed by atoms with van der Waals surface area (Å²) in [6.45, 7) is -1.13. The molecule has 8 atom stereocenters. The molecule has 1 aromatic rings. The van der Waals surface area contributed by atoms with Crippen LogP contribution in [0.3, 0.4) is 0 Å².